The lowest BCUT2D eigenvalue weighted by atomic mass is 10.1. The number of hydrogen-bond donors (Lipinski definition) is 2. The van der Waals surface area contributed by atoms with Gasteiger partial charge in [-0.25, -0.2) is 4.99 Å². The minimum absolute atomic E-state index is 0.257. The average Bonchev–Trinajstić information content (AvgIpc) is 2.74. The van der Waals surface area contributed by atoms with E-state index in [9.17, 15) is 4.21 Å². The zero-order valence-corrected chi connectivity index (χ0v) is 16.2. The first-order chi connectivity index (χ1) is 10.6. The van der Waals surface area contributed by atoms with Crippen molar-refractivity contribution in [1.82, 2.24) is 10.0 Å². The zero-order chi connectivity index (χ0) is 17.3. The lowest BCUT2D eigenvalue weighted by Gasteiger charge is -2.43. The van der Waals surface area contributed by atoms with Crippen molar-refractivity contribution in [2.75, 3.05) is 12.8 Å². The number of hydrogen-bond acceptors (Lipinski definition) is 3. The van der Waals surface area contributed by atoms with Crippen molar-refractivity contribution in [2.45, 2.75) is 39.0 Å². The number of amidine groups is 1. The van der Waals surface area contributed by atoms with Gasteiger partial charge in [-0.3, -0.25) is 8.93 Å². The molecule has 0 amide bonds. The van der Waals surface area contributed by atoms with Gasteiger partial charge >= 0.3 is 0 Å². The third-order valence-corrected chi connectivity index (χ3v) is 9.04. The first-order valence-corrected chi connectivity index (χ1v) is 10.6. The van der Waals surface area contributed by atoms with Crippen LogP contribution >= 0.6 is 12.2 Å². The van der Waals surface area contributed by atoms with E-state index < -0.39 is 14.8 Å². The monoisotopic (exact) mass is 353 g/mol. The maximum Gasteiger partial charge on any atom is 0.184 e. The summed E-state index contributed by atoms with van der Waals surface area (Å²) in [5.41, 5.74) is 0.511. The van der Waals surface area contributed by atoms with Gasteiger partial charge in [0.2, 0.25) is 0 Å². The molecule has 1 aliphatic rings. The lowest BCUT2D eigenvalue weighted by Crippen LogP contribution is -2.60. The van der Waals surface area contributed by atoms with Crippen LogP contribution in [0.5, 0.6) is 0 Å². The highest BCUT2D eigenvalue weighted by Gasteiger charge is 2.47. The third-order valence-electron chi connectivity index (χ3n) is 4.08. The molecule has 0 aliphatic carbocycles. The minimum Gasteiger partial charge on any atom is -0.326 e. The zero-order valence-electron chi connectivity index (χ0n) is 14.6. The van der Waals surface area contributed by atoms with Crippen molar-refractivity contribution in [3.05, 3.63) is 35.9 Å². The fourth-order valence-corrected chi connectivity index (χ4v) is 7.11. The molecule has 0 saturated heterocycles. The van der Waals surface area contributed by atoms with E-state index in [1.54, 1.807) is 7.05 Å². The van der Waals surface area contributed by atoms with Gasteiger partial charge in [-0.15, -0.1) is 0 Å². The Balaban J connectivity index is 2.56. The van der Waals surface area contributed by atoms with Crippen LogP contribution in [0.15, 0.2) is 35.3 Å². The van der Waals surface area contributed by atoms with Gasteiger partial charge in [0.05, 0.1) is 0 Å². The van der Waals surface area contributed by atoms with Crippen LogP contribution < -0.4 is 10.0 Å². The fraction of sp³-hybridized carbons (Fsp3) is 0.529. The summed E-state index contributed by atoms with van der Waals surface area (Å²) in [7, 11) is -1.65. The quantitative estimate of drug-likeness (QED) is 0.801. The molecule has 23 heavy (non-hydrogen) atoms. The highest BCUT2D eigenvalue weighted by molar-refractivity contribution is 8.30. The smallest absolute Gasteiger partial charge is 0.184 e. The van der Waals surface area contributed by atoms with Gasteiger partial charge in [-0.2, -0.15) is 0 Å². The topological polar surface area (TPSA) is 53.5 Å². The van der Waals surface area contributed by atoms with Crippen LogP contribution in [-0.2, 0) is 15.0 Å². The Morgan fingerprint density at radius 2 is 1.91 bits per heavy atom. The molecule has 0 bridgehead atoms. The molecule has 0 spiro atoms. The van der Waals surface area contributed by atoms with E-state index in [4.69, 9.17) is 17.2 Å². The summed E-state index contributed by atoms with van der Waals surface area (Å²) in [5, 5.41) is 3.67. The second-order valence-electron chi connectivity index (χ2n) is 7.11. The summed E-state index contributed by atoms with van der Waals surface area (Å²) < 4.78 is 17.6. The summed E-state index contributed by atoms with van der Waals surface area (Å²) in [6.07, 6.45) is 0. The van der Waals surface area contributed by atoms with E-state index in [2.05, 4.69) is 23.9 Å². The second kappa shape index (κ2) is 6.07. The van der Waals surface area contributed by atoms with Gasteiger partial charge in [-0.1, -0.05) is 56.4 Å². The second-order valence-corrected chi connectivity index (χ2v) is 11.5. The maximum atomic E-state index is 14.4. The van der Waals surface area contributed by atoms with Crippen molar-refractivity contribution < 1.29 is 4.21 Å². The molecule has 128 valence electrons. The normalized spacial score (nSPS) is 19.1. The Bertz CT molecular complexity index is 695. The van der Waals surface area contributed by atoms with E-state index in [-0.39, 0.29) is 5.92 Å². The number of nitrogens with one attached hydrogen (secondary N) is 2. The minimum atomic E-state index is -3.41. The van der Waals surface area contributed by atoms with Gasteiger partial charge in [-0.05, 0) is 32.4 Å². The van der Waals surface area contributed by atoms with Gasteiger partial charge in [0.25, 0.3) is 0 Å². The van der Waals surface area contributed by atoms with Crippen LogP contribution in [0.1, 0.15) is 33.3 Å². The molecular formula is C17H27N3OS2. The Labute approximate surface area is 144 Å². The van der Waals surface area contributed by atoms with Crippen LogP contribution in [0.3, 0.4) is 0 Å². The Morgan fingerprint density at radius 3 is 2.35 bits per heavy atom. The van der Waals surface area contributed by atoms with E-state index in [0.29, 0.717) is 21.7 Å². The van der Waals surface area contributed by atoms with E-state index in [1.165, 1.54) is 0 Å². The van der Waals surface area contributed by atoms with Crippen molar-refractivity contribution in [3.8, 4) is 0 Å². The largest absolute Gasteiger partial charge is 0.326 e. The Kier molecular flexibility index (Phi) is 4.81. The molecule has 0 atom stereocenters. The predicted octanol–water partition coefficient (Wildman–Crippen LogP) is 2.86. The van der Waals surface area contributed by atoms with E-state index in [0.717, 1.165) is 5.56 Å². The highest BCUT2D eigenvalue weighted by atomic mass is 32.3. The molecule has 0 unspecified atom stereocenters. The summed E-state index contributed by atoms with van der Waals surface area (Å²) in [4.78, 5) is 5.33. The van der Waals surface area contributed by atoms with Crippen LogP contribution in [-0.4, -0.2) is 32.7 Å². The molecule has 6 heteroatoms. The number of aliphatic imine (C=N–C) groups is 1. The van der Waals surface area contributed by atoms with Crippen LogP contribution in [0.2, 0.25) is 0 Å². The molecule has 1 aliphatic heterocycles. The maximum absolute atomic E-state index is 14.4. The van der Waals surface area contributed by atoms with Crippen LogP contribution in [0.25, 0.3) is 0 Å². The van der Waals surface area contributed by atoms with Crippen molar-refractivity contribution in [1.29, 1.82) is 0 Å². The molecule has 2 rings (SSSR count). The Hall–Kier alpha value is -1.11. The van der Waals surface area contributed by atoms with E-state index >= 15 is 0 Å². The molecular weight excluding hydrogens is 326 g/mol. The van der Waals surface area contributed by atoms with Crippen LogP contribution in [0.4, 0.5) is 0 Å². The summed E-state index contributed by atoms with van der Waals surface area (Å²) in [6.45, 7) is 8.05. The number of benzene rings is 1. The van der Waals surface area contributed by atoms with Gasteiger partial charge in [0, 0.05) is 20.8 Å². The molecule has 0 fully saturated rings. The third kappa shape index (κ3) is 3.54. The summed E-state index contributed by atoms with van der Waals surface area (Å²) in [5.74, 6) is 1.19. The van der Waals surface area contributed by atoms with Gasteiger partial charge in [0.15, 0.2) is 5.17 Å². The SMILES string of the molecule is CNS(=O)(Cc1ccccc1)(CC(C)C)C1=NC(C)(C)C(=S)N1. The standard InChI is InChI=1S/C17H27N3OS2/c1-13(2)11-23(21,18-5,12-14-9-7-6-8-10-14)16-19-15(22)17(3,4)20-16/h6-10,13H,11-12H2,1-5H3,(H,18,21)(H,19,20,22). The number of rotatable bonds is 5. The molecule has 1 heterocycles. The van der Waals surface area contributed by atoms with Crippen molar-refractivity contribution >= 4 is 31.6 Å². The Morgan fingerprint density at radius 1 is 1.30 bits per heavy atom. The first-order valence-electron chi connectivity index (χ1n) is 7.88. The molecule has 0 aromatic heterocycles. The fourth-order valence-electron chi connectivity index (χ4n) is 2.90. The highest BCUT2D eigenvalue weighted by Crippen LogP contribution is 2.34. The molecule has 1 aromatic carbocycles. The van der Waals surface area contributed by atoms with E-state index in [1.807, 2.05) is 44.2 Å². The number of nitrogens with zero attached hydrogens (tertiary/aromatic N) is 1. The lowest BCUT2D eigenvalue weighted by molar-refractivity contribution is 0.633. The van der Waals surface area contributed by atoms with Gasteiger partial charge in [0.1, 0.15) is 10.5 Å². The molecule has 1 aromatic rings. The van der Waals surface area contributed by atoms with Gasteiger partial charge < -0.3 is 5.32 Å². The predicted molar refractivity (Wildman–Crippen MR) is 104 cm³/mol. The summed E-state index contributed by atoms with van der Waals surface area (Å²) >= 11 is 5.40. The molecule has 4 nitrogen and oxygen atoms in total. The molecule has 0 saturated carbocycles. The van der Waals surface area contributed by atoms with Crippen molar-refractivity contribution in [3.63, 3.8) is 0 Å². The average molecular weight is 354 g/mol. The first kappa shape index (κ1) is 18.2. The number of thiocarbonyl (C=S) groups is 1. The molecule has 0 radical (unpaired) electrons. The summed E-state index contributed by atoms with van der Waals surface area (Å²) in [6, 6.07) is 9.91. The molecule has 2 N–H and O–H groups in total. The van der Waals surface area contributed by atoms with Crippen molar-refractivity contribution in [2.24, 2.45) is 10.9 Å². The van der Waals surface area contributed by atoms with Crippen LogP contribution in [0, 0.1) is 5.92 Å².